The van der Waals surface area contributed by atoms with Crippen LogP contribution in [0.3, 0.4) is 0 Å². The smallest absolute Gasteiger partial charge is 0.224 e. The van der Waals surface area contributed by atoms with Crippen LogP contribution in [-0.4, -0.2) is 24.5 Å². The number of anilines is 3. The molecule has 0 aliphatic heterocycles. The van der Waals surface area contributed by atoms with E-state index in [0.717, 1.165) is 16.6 Å². The number of nitrogens with one attached hydrogen (secondary N) is 1. The van der Waals surface area contributed by atoms with Crippen LogP contribution in [0.4, 0.5) is 17.6 Å². The van der Waals surface area contributed by atoms with E-state index < -0.39 is 0 Å². The van der Waals surface area contributed by atoms with E-state index in [2.05, 4.69) is 25.3 Å². The molecule has 144 valence electrons. The third-order valence-electron chi connectivity index (χ3n) is 4.49. The first-order valence-electron chi connectivity index (χ1n) is 8.65. The van der Waals surface area contributed by atoms with Gasteiger partial charge in [-0.1, -0.05) is 11.6 Å². The molecule has 0 saturated carbocycles. The second-order valence-corrected chi connectivity index (χ2v) is 6.73. The lowest BCUT2D eigenvalue weighted by atomic mass is 10.1. The number of nitrogens with two attached hydrogens (primary N) is 2. The number of aromatic nitrogens is 5. The molecular formula is C19H16ClN9. The van der Waals surface area contributed by atoms with E-state index in [1.807, 2.05) is 35.9 Å². The second-order valence-electron chi connectivity index (χ2n) is 6.32. The summed E-state index contributed by atoms with van der Waals surface area (Å²) in [4.78, 5) is 16.5. The molecule has 1 atom stereocenters. The number of nitriles is 1. The molecule has 4 aromatic rings. The molecule has 0 radical (unpaired) electrons. The summed E-state index contributed by atoms with van der Waals surface area (Å²) in [6.07, 6.45) is 7.01. The number of hydrogen-bond acceptors (Lipinski definition) is 8. The Bertz CT molecular complexity index is 1240. The lowest BCUT2D eigenvalue weighted by Crippen LogP contribution is -2.13. The molecule has 0 saturated heterocycles. The molecule has 4 aromatic heterocycles. The van der Waals surface area contributed by atoms with Crippen molar-refractivity contribution in [1.82, 2.24) is 24.5 Å². The van der Waals surface area contributed by atoms with Crippen LogP contribution in [0.5, 0.6) is 0 Å². The van der Waals surface area contributed by atoms with Crippen LogP contribution in [0.2, 0.25) is 5.02 Å². The Labute approximate surface area is 171 Å². The van der Waals surface area contributed by atoms with Crippen molar-refractivity contribution < 1.29 is 0 Å². The van der Waals surface area contributed by atoms with Gasteiger partial charge in [0.15, 0.2) is 5.82 Å². The first-order chi connectivity index (χ1) is 14.0. The highest BCUT2D eigenvalue weighted by Gasteiger charge is 2.21. The van der Waals surface area contributed by atoms with E-state index in [1.165, 1.54) is 0 Å². The fourth-order valence-electron chi connectivity index (χ4n) is 3.17. The number of nitrogen functional groups attached to an aromatic ring is 2. The molecule has 0 aliphatic carbocycles. The summed E-state index contributed by atoms with van der Waals surface area (Å²) >= 11 is 6.51. The quantitative estimate of drug-likeness (QED) is 0.469. The highest BCUT2D eigenvalue weighted by atomic mass is 35.5. The normalized spacial score (nSPS) is 11.9. The summed E-state index contributed by atoms with van der Waals surface area (Å²) in [5.41, 5.74) is 14.1. The molecule has 10 heteroatoms. The molecular weight excluding hydrogens is 390 g/mol. The largest absolute Gasteiger partial charge is 0.382 e. The van der Waals surface area contributed by atoms with Crippen LogP contribution < -0.4 is 16.8 Å². The molecule has 0 aliphatic rings. The number of fused-ring (bicyclic) bond motifs is 1. The van der Waals surface area contributed by atoms with E-state index in [9.17, 15) is 5.26 Å². The van der Waals surface area contributed by atoms with Crippen LogP contribution in [0.15, 0.2) is 43.0 Å². The number of rotatable bonds is 4. The van der Waals surface area contributed by atoms with Crippen molar-refractivity contribution in [2.24, 2.45) is 0 Å². The third-order valence-corrected chi connectivity index (χ3v) is 4.81. The van der Waals surface area contributed by atoms with Crippen molar-refractivity contribution in [1.29, 1.82) is 5.26 Å². The topological polar surface area (TPSA) is 144 Å². The summed E-state index contributed by atoms with van der Waals surface area (Å²) in [7, 11) is 0. The number of nitrogens with zero attached hydrogens (tertiary/aromatic N) is 6. The third kappa shape index (κ3) is 3.26. The maximum atomic E-state index is 9.41. The van der Waals surface area contributed by atoms with Crippen molar-refractivity contribution in [3.05, 3.63) is 59.1 Å². The molecule has 0 bridgehead atoms. The molecule has 5 N–H and O–H groups in total. The van der Waals surface area contributed by atoms with Crippen LogP contribution in [0.1, 0.15) is 24.1 Å². The van der Waals surface area contributed by atoms with Gasteiger partial charge in [0, 0.05) is 35.7 Å². The Hall–Kier alpha value is -3.90. The molecule has 0 amide bonds. The average molecular weight is 406 g/mol. The molecule has 0 spiro atoms. The monoisotopic (exact) mass is 405 g/mol. The minimum atomic E-state index is -0.289. The molecule has 4 heterocycles. The highest BCUT2D eigenvalue weighted by molar-refractivity contribution is 6.35. The molecule has 0 aromatic carbocycles. The summed E-state index contributed by atoms with van der Waals surface area (Å²) in [5.74, 6) is 0.263. The fourth-order valence-corrected chi connectivity index (χ4v) is 3.42. The van der Waals surface area contributed by atoms with Crippen LogP contribution in [-0.2, 0) is 0 Å². The lowest BCUT2D eigenvalue weighted by Gasteiger charge is -2.16. The zero-order valence-electron chi connectivity index (χ0n) is 15.3. The fraction of sp³-hybridized carbons (Fsp3) is 0.105. The van der Waals surface area contributed by atoms with Gasteiger partial charge in [0.05, 0.1) is 16.8 Å². The maximum absolute atomic E-state index is 9.41. The van der Waals surface area contributed by atoms with E-state index in [0.29, 0.717) is 10.7 Å². The highest BCUT2D eigenvalue weighted by Crippen LogP contribution is 2.34. The molecule has 29 heavy (non-hydrogen) atoms. The summed E-state index contributed by atoms with van der Waals surface area (Å²) in [5, 5.41) is 14.0. The lowest BCUT2D eigenvalue weighted by molar-refractivity contribution is 0.874. The van der Waals surface area contributed by atoms with E-state index in [4.69, 9.17) is 23.1 Å². The first kappa shape index (κ1) is 18.5. The van der Waals surface area contributed by atoms with Crippen LogP contribution in [0, 0.1) is 11.3 Å². The van der Waals surface area contributed by atoms with Gasteiger partial charge in [0.1, 0.15) is 23.1 Å². The van der Waals surface area contributed by atoms with Crippen molar-refractivity contribution in [3.8, 4) is 11.8 Å². The molecule has 0 fully saturated rings. The Balaban J connectivity index is 1.84. The average Bonchev–Trinajstić information content (AvgIpc) is 3.09. The summed E-state index contributed by atoms with van der Waals surface area (Å²) in [6.45, 7) is 1.92. The van der Waals surface area contributed by atoms with E-state index in [-0.39, 0.29) is 29.2 Å². The zero-order chi connectivity index (χ0) is 20.5. The molecule has 9 nitrogen and oxygen atoms in total. The number of hydrogen-bond donors (Lipinski definition) is 3. The Morgan fingerprint density at radius 3 is 2.66 bits per heavy atom. The van der Waals surface area contributed by atoms with Gasteiger partial charge in [0.25, 0.3) is 0 Å². The van der Waals surface area contributed by atoms with Gasteiger partial charge in [-0.25, -0.2) is 4.98 Å². The van der Waals surface area contributed by atoms with Gasteiger partial charge in [-0.2, -0.15) is 15.2 Å². The zero-order valence-corrected chi connectivity index (χ0v) is 16.1. The van der Waals surface area contributed by atoms with Crippen molar-refractivity contribution >= 4 is 40.2 Å². The van der Waals surface area contributed by atoms with Gasteiger partial charge >= 0.3 is 0 Å². The second kappa shape index (κ2) is 7.26. The number of pyridine rings is 2. The van der Waals surface area contributed by atoms with Gasteiger partial charge in [0.2, 0.25) is 5.95 Å². The first-order valence-corrected chi connectivity index (χ1v) is 9.03. The summed E-state index contributed by atoms with van der Waals surface area (Å²) < 4.78 is 1.93. The maximum Gasteiger partial charge on any atom is 0.224 e. The van der Waals surface area contributed by atoms with Gasteiger partial charge in [-0.15, -0.1) is 0 Å². The van der Waals surface area contributed by atoms with Crippen molar-refractivity contribution in [3.63, 3.8) is 0 Å². The molecule has 1 unspecified atom stereocenters. The van der Waals surface area contributed by atoms with E-state index >= 15 is 0 Å². The van der Waals surface area contributed by atoms with E-state index in [1.54, 1.807) is 24.7 Å². The standard InChI is InChI=1S/C19H16ClN9/c1-10(26-17-12(8-21)16(22)27-19(23)28-17)13-9-29(11-2-5-24-6-3-11)18-15(13)14(20)4-7-25-18/h2-7,9-10H,1H3,(H5,22,23,26,27,28). The van der Waals surface area contributed by atoms with Crippen molar-refractivity contribution in [2.75, 3.05) is 16.8 Å². The predicted octanol–water partition coefficient (Wildman–Crippen LogP) is 3.07. The SMILES string of the molecule is CC(Nc1nc(N)nc(N)c1C#N)c1cn(-c2ccncc2)c2nccc(Cl)c12. The summed E-state index contributed by atoms with van der Waals surface area (Å²) in [6, 6.07) is 7.21. The molecule has 4 rings (SSSR count). The van der Waals surface area contributed by atoms with Crippen molar-refractivity contribution in [2.45, 2.75) is 13.0 Å². The minimum absolute atomic E-state index is 0.0184. The van der Waals surface area contributed by atoms with Gasteiger partial charge < -0.3 is 21.4 Å². The van der Waals surface area contributed by atoms with Gasteiger partial charge in [-0.3, -0.25) is 4.98 Å². The van der Waals surface area contributed by atoms with Crippen LogP contribution in [0.25, 0.3) is 16.7 Å². The minimum Gasteiger partial charge on any atom is -0.382 e. The Morgan fingerprint density at radius 1 is 1.17 bits per heavy atom. The van der Waals surface area contributed by atoms with Gasteiger partial charge in [-0.05, 0) is 25.1 Å². The Morgan fingerprint density at radius 2 is 1.93 bits per heavy atom. The Kier molecular flexibility index (Phi) is 4.62. The van der Waals surface area contributed by atoms with Crippen LogP contribution >= 0.6 is 11.6 Å². The number of halogens is 1. The predicted molar refractivity (Wildman–Crippen MR) is 111 cm³/mol.